The first-order valence-electron chi connectivity index (χ1n) is 7.32. The molecule has 0 saturated carbocycles. The molecule has 3 rings (SSSR count). The van der Waals surface area contributed by atoms with Crippen molar-refractivity contribution in [1.82, 2.24) is 15.2 Å². The number of pyridine rings is 1. The zero-order chi connectivity index (χ0) is 13.8. The molecule has 106 valence electrons. The van der Waals surface area contributed by atoms with Gasteiger partial charge in [-0.25, -0.2) is 0 Å². The minimum absolute atomic E-state index is 1.05. The summed E-state index contributed by atoms with van der Waals surface area (Å²) in [7, 11) is 2.17. The second-order valence-electron chi connectivity index (χ2n) is 5.36. The lowest BCUT2D eigenvalue weighted by Crippen LogP contribution is -2.46. The summed E-state index contributed by atoms with van der Waals surface area (Å²) >= 11 is 0. The van der Waals surface area contributed by atoms with E-state index in [0.29, 0.717) is 0 Å². The van der Waals surface area contributed by atoms with Crippen LogP contribution in [0, 0.1) is 0 Å². The van der Waals surface area contributed by atoms with Gasteiger partial charge in [0.05, 0.1) is 5.52 Å². The second-order valence-corrected chi connectivity index (χ2v) is 5.36. The maximum absolute atomic E-state index is 4.43. The molecule has 0 radical (unpaired) electrons. The van der Waals surface area contributed by atoms with Crippen LogP contribution in [0.3, 0.4) is 0 Å². The van der Waals surface area contributed by atoms with Crippen molar-refractivity contribution in [3.63, 3.8) is 0 Å². The van der Waals surface area contributed by atoms with Gasteiger partial charge in [-0.3, -0.25) is 9.88 Å². The summed E-state index contributed by atoms with van der Waals surface area (Å²) in [6, 6.07) is 10.5. The van der Waals surface area contributed by atoms with E-state index in [2.05, 4.69) is 51.4 Å². The third kappa shape index (κ3) is 2.92. The molecule has 0 spiro atoms. The van der Waals surface area contributed by atoms with E-state index < -0.39 is 0 Å². The Morgan fingerprint density at radius 3 is 2.85 bits per heavy atom. The van der Waals surface area contributed by atoms with Gasteiger partial charge in [-0.1, -0.05) is 18.2 Å². The predicted octanol–water partition coefficient (Wildman–Crippen LogP) is 1.58. The van der Waals surface area contributed by atoms with E-state index in [0.717, 1.165) is 44.8 Å². The molecule has 0 atom stereocenters. The summed E-state index contributed by atoms with van der Waals surface area (Å²) in [5.41, 5.74) is 2.34. The number of anilines is 1. The Bertz CT molecular complexity index is 558. The Hall–Kier alpha value is -1.65. The van der Waals surface area contributed by atoms with Crippen molar-refractivity contribution in [2.75, 3.05) is 51.2 Å². The number of nitrogens with zero attached hydrogens (tertiary/aromatic N) is 3. The van der Waals surface area contributed by atoms with Crippen molar-refractivity contribution >= 4 is 16.6 Å². The highest BCUT2D eigenvalue weighted by Crippen LogP contribution is 2.23. The number of fused-ring (bicyclic) bond motifs is 1. The van der Waals surface area contributed by atoms with Gasteiger partial charge in [-0.15, -0.1) is 0 Å². The Kier molecular flexibility index (Phi) is 4.14. The molecule has 20 heavy (non-hydrogen) atoms. The number of hydrogen-bond acceptors (Lipinski definition) is 4. The molecule has 1 aliphatic heterocycles. The van der Waals surface area contributed by atoms with Gasteiger partial charge >= 0.3 is 0 Å². The zero-order valence-electron chi connectivity index (χ0n) is 12.0. The maximum atomic E-state index is 4.43. The number of nitrogens with one attached hydrogen (secondary N) is 1. The van der Waals surface area contributed by atoms with E-state index in [-0.39, 0.29) is 0 Å². The van der Waals surface area contributed by atoms with Crippen molar-refractivity contribution in [2.24, 2.45) is 0 Å². The van der Waals surface area contributed by atoms with Gasteiger partial charge in [0.1, 0.15) is 0 Å². The largest absolute Gasteiger partial charge is 0.373 e. The molecule has 0 bridgehead atoms. The van der Waals surface area contributed by atoms with Crippen molar-refractivity contribution in [3.05, 3.63) is 36.5 Å². The zero-order valence-corrected chi connectivity index (χ0v) is 12.0. The quantitative estimate of drug-likeness (QED) is 0.914. The number of piperazine rings is 1. The topological polar surface area (TPSA) is 31.4 Å². The minimum Gasteiger partial charge on any atom is -0.373 e. The summed E-state index contributed by atoms with van der Waals surface area (Å²) in [5.74, 6) is 0. The molecule has 0 unspecified atom stereocenters. The van der Waals surface area contributed by atoms with Crippen molar-refractivity contribution in [1.29, 1.82) is 0 Å². The number of rotatable bonds is 4. The molecule has 0 amide bonds. The van der Waals surface area contributed by atoms with E-state index >= 15 is 0 Å². The molecule has 4 heteroatoms. The molecule has 1 aliphatic rings. The molecule has 2 heterocycles. The molecule has 1 N–H and O–H groups in total. The van der Waals surface area contributed by atoms with Crippen LogP contribution in [0.1, 0.15) is 0 Å². The van der Waals surface area contributed by atoms with Crippen LogP contribution in [0.5, 0.6) is 0 Å². The number of hydrogen-bond donors (Lipinski definition) is 1. The molecule has 0 aliphatic carbocycles. The molecular formula is C16H22N4. The summed E-state index contributed by atoms with van der Waals surface area (Å²) in [6.45, 7) is 6.71. The lowest BCUT2D eigenvalue weighted by molar-refractivity contribution is 0.246. The molecule has 4 nitrogen and oxygen atoms in total. The second kappa shape index (κ2) is 6.20. The van der Waals surface area contributed by atoms with Gasteiger partial charge in [0, 0.05) is 63.6 Å². The van der Waals surface area contributed by atoms with Gasteiger partial charge in [0.2, 0.25) is 0 Å². The molecular weight excluding hydrogens is 248 g/mol. The molecule has 2 aromatic rings. The Balaban J connectivity index is 1.70. The lowest BCUT2D eigenvalue weighted by atomic mass is 10.2. The van der Waals surface area contributed by atoms with Crippen LogP contribution in [0.15, 0.2) is 36.5 Å². The van der Waals surface area contributed by atoms with Gasteiger partial charge in [-0.2, -0.15) is 0 Å². The molecule has 1 aromatic carbocycles. The van der Waals surface area contributed by atoms with E-state index in [4.69, 9.17) is 0 Å². The highest BCUT2D eigenvalue weighted by Gasteiger charge is 2.11. The number of aromatic nitrogens is 1. The summed E-state index contributed by atoms with van der Waals surface area (Å²) < 4.78 is 0. The van der Waals surface area contributed by atoms with Crippen LogP contribution in [0.25, 0.3) is 10.9 Å². The summed E-state index contributed by atoms with van der Waals surface area (Å²) in [5, 5.41) is 4.63. The fourth-order valence-electron chi connectivity index (χ4n) is 2.76. The SMILES string of the molecule is CN(CCN1CCNCC1)c1ccnc2ccccc12. The molecule has 1 saturated heterocycles. The van der Waals surface area contributed by atoms with E-state index in [9.17, 15) is 0 Å². The average Bonchev–Trinajstić information content (AvgIpc) is 2.53. The van der Waals surface area contributed by atoms with Gasteiger partial charge in [0.15, 0.2) is 0 Å². The van der Waals surface area contributed by atoms with E-state index in [1.165, 1.54) is 11.1 Å². The summed E-state index contributed by atoms with van der Waals surface area (Å²) in [6.07, 6.45) is 1.90. The van der Waals surface area contributed by atoms with Gasteiger partial charge in [-0.05, 0) is 12.1 Å². The number of para-hydroxylation sites is 1. The smallest absolute Gasteiger partial charge is 0.0722 e. The predicted molar refractivity (Wildman–Crippen MR) is 84.3 cm³/mol. The number of benzene rings is 1. The summed E-state index contributed by atoms with van der Waals surface area (Å²) in [4.78, 5) is 9.29. The van der Waals surface area contributed by atoms with Crippen molar-refractivity contribution in [2.45, 2.75) is 0 Å². The Labute approximate surface area is 120 Å². The third-order valence-electron chi connectivity index (χ3n) is 4.00. The maximum Gasteiger partial charge on any atom is 0.0722 e. The van der Waals surface area contributed by atoms with Crippen molar-refractivity contribution in [3.8, 4) is 0 Å². The lowest BCUT2D eigenvalue weighted by Gasteiger charge is -2.30. The van der Waals surface area contributed by atoms with Gasteiger partial charge < -0.3 is 10.2 Å². The van der Waals surface area contributed by atoms with Crippen LogP contribution < -0.4 is 10.2 Å². The van der Waals surface area contributed by atoms with Gasteiger partial charge in [0.25, 0.3) is 0 Å². The van der Waals surface area contributed by atoms with Crippen LogP contribution >= 0.6 is 0 Å². The monoisotopic (exact) mass is 270 g/mol. The van der Waals surface area contributed by atoms with E-state index in [1.807, 2.05) is 12.3 Å². The highest BCUT2D eigenvalue weighted by atomic mass is 15.2. The van der Waals surface area contributed by atoms with Crippen molar-refractivity contribution < 1.29 is 0 Å². The van der Waals surface area contributed by atoms with Crippen LogP contribution in [-0.4, -0.2) is 56.2 Å². The first-order chi connectivity index (χ1) is 9.84. The Morgan fingerprint density at radius 1 is 1.20 bits per heavy atom. The van der Waals surface area contributed by atoms with Crippen LogP contribution in [0.2, 0.25) is 0 Å². The van der Waals surface area contributed by atoms with Crippen LogP contribution in [-0.2, 0) is 0 Å². The van der Waals surface area contributed by atoms with E-state index in [1.54, 1.807) is 0 Å². The minimum atomic E-state index is 1.05. The highest BCUT2D eigenvalue weighted by molar-refractivity contribution is 5.91. The average molecular weight is 270 g/mol. The molecule has 1 fully saturated rings. The number of likely N-dealkylation sites (N-methyl/N-ethyl adjacent to an activating group) is 1. The normalized spacial score (nSPS) is 16.4. The Morgan fingerprint density at radius 2 is 2.00 bits per heavy atom. The molecule has 1 aromatic heterocycles. The standard InChI is InChI=1S/C16H22N4/c1-19(12-13-20-10-8-17-9-11-20)16-6-7-18-15-5-3-2-4-14(15)16/h2-7,17H,8-13H2,1H3. The van der Waals surface area contributed by atoms with Crippen LogP contribution in [0.4, 0.5) is 5.69 Å². The first kappa shape index (κ1) is 13.3. The fourth-order valence-corrected chi connectivity index (χ4v) is 2.76. The third-order valence-corrected chi connectivity index (χ3v) is 4.00. The first-order valence-corrected chi connectivity index (χ1v) is 7.32. The fraction of sp³-hybridized carbons (Fsp3) is 0.438.